The Labute approximate surface area is 154 Å². The van der Waals surface area contributed by atoms with Crippen molar-refractivity contribution in [3.63, 3.8) is 0 Å². The predicted molar refractivity (Wildman–Crippen MR) is 96.9 cm³/mol. The summed E-state index contributed by atoms with van der Waals surface area (Å²) in [7, 11) is 0. The van der Waals surface area contributed by atoms with Gasteiger partial charge in [-0.25, -0.2) is 0 Å². The highest BCUT2D eigenvalue weighted by Gasteiger charge is 2.30. The zero-order valence-electron chi connectivity index (χ0n) is 14.4. The maximum Gasteiger partial charge on any atom is 0.416 e. The first-order valence-corrected chi connectivity index (χ1v) is 9.17. The van der Waals surface area contributed by atoms with Gasteiger partial charge in [0.25, 0.3) is 0 Å². The number of alkyl halides is 3. The first-order valence-electron chi connectivity index (χ1n) is 8.18. The summed E-state index contributed by atoms with van der Waals surface area (Å²) >= 11 is 1.39. The van der Waals surface area contributed by atoms with Gasteiger partial charge in [0.15, 0.2) is 11.0 Å². The molecule has 0 radical (unpaired) electrons. The quantitative estimate of drug-likeness (QED) is 0.544. The molecule has 0 amide bonds. The minimum Gasteiger partial charge on any atom is -0.302 e. The van der Waals surface area contributed by atoms with Gasteiger partial charge < -0.3 is 4.57 Å². The van der Waals surface area contributed by atoms with E-state index in [0.29, 0.717) is 23.0 Å². The molecule has 0 aliphatic heterocycles. The Bertz CT molecular complexity index is 903. The van der Waals surface area contributed by atoms with Gasteiger partial charge in [0.05, 0.1) is 5.56 Å². The van der Waals surface area contributed by atoms with Crippen molar-refractivity contribution >= 4 is 11.8 Å². The standard InChI is InChI=1S/C19H18F3N3S/c1-3-25-17(16-10-5-4-7-13(16)2)23-24-18(25)26-12-14-8-6-9-15(11-14)19(20,21)22/h4-11H,3,12H2,1-2H3. The van der Waals surface area contributed by atoms with Gasteiger partial charge in [-0.2, -0.15) is 13.2 Å². The van der Waals surface area contributed by atoms with Gasteiger partial charge in [0, 0.05) is 17.9 Å². The molecule has 3 aromatic rings. The monoisotopic (exact) mass is 377 g/mol. The van der Waals surface area contributed by atoms with Crippen LogP contribution < -0.4 is 0 Å². The van der Waals surface area contributed by atoms with Crippen LogP contribution in [-0.2, 0) is 18.5 Å². The fraction of sp³-hybridized carbons (Fsp3) is 0.263. The number of hydrogen-bond acceptors (Lipinski definition) is 3. The van der Waals surface area contributed by atoms with Crippen molar-refractivity contribution in [1.82, 2.24) is 14.8 Å². The molecule has 1 heterocycles. The Kier molecular flexibility index (Phi) is 5.36. The maximum atomic E-state index is 12.8. The van der Waals surface area contributed by atoms with Crippen LogP contribution in [0, 0.1) is 6.92 Å². The molecule has 26 heavy (non-hydrogen) atoms. The molecular weight excluding hydrogens is 359 g/mol. The van der Waals surface area contributed by atoms with Crippen molar-refractivity contribution in [2.24, 2.45) is 0 Å². The molecule has 0 spiro atoms. The van der Waals surface area contributed by atoms with Gasteiger partial charge in [-0.15, -0.1) is 10.2 Å². The summed E-state index contributed by atoms with van der Waals surface area (Å²) in [6.07, 6.45) is -4.33. The number of benzene rings is 2. The fourth-order valence-electron chi connectivity index (χ4n) is 2.69. The number of nitrogens with zero attached hydrogens (tertiary/aromatic N) is 3. The minimum atomic E-state index is -4.33. The lowest BCUT2D eigenvalue weighted by Crippen LogP contribution is -2.05. The SMILES string of the molecule is CCn1c(SCc2cccc(C(F)(F)F)c2)nnc1-c1ccccc1C. The number of aryl methyl sites for hydroxylation is 1. The van der Waals surface area contributed by atoms with Gasteiger partial charge in [0.1, 0.15) is 0 Å². The summed E-state index contributed by atoms with van der Waals surface area (Å²) in [5, 5.41) is 9.24. The lowest BCUT2D eigenvalue weighted by molar-refractivity contribution is -0.137. The largest absolute Gasteiger partial charge is 0.416 e. The zero-order chi connectivity index (χ0) is 18.7. The van der Waals surface area contributed by atoms with E-state index in [4.69, 9.17) is 0 Å². The van der Waals surface area contributed by atoms with Crippen molar-refractivity contribution in [2.45, 2.75) is 37.5 Å². The lowest BCUT2D eigenvalue weighted by Gasteiger charge is -2.10. The van der Waals surface area contributed by atoms with Gasteiger partial charge >= 0.3 is 6.18 Å². The molecular formula is C19H18F3N3S. The topological polar surface area (TPSA) is 30.7 Å². The summed E-state index contributed by atoms with van der Waals surface area (Å²) in [6, 6.07) is 13.3. The molecule has 0 unspecified atom stereocenters. The second kappa shape index (κ2) is 7.53. The molecule has 0 atom stereocenters. The molecule has 1 aromatic heterocycles. The highest BCUT2D eigenvalue weighted by Crippen LogP contribution is 2.32. The maximum absolute atomic E-state index is 12.8. The summed E-state index contributed by atoms with van der Waals surface area (Å²) in [5.41, 5.74) is 2.08. The molecule has 0 saturated carbocycles. The molecule has 2 aromatic carbocycles. The smallest absolute Gasteiger partial charge is 0.302 e. The number of halogens is 3. The van der Waals surface area contributed by atoms with Gasteiger partial charge in [-0.1, -0.05) is 54.2 Å². The van der Waals surface area contributed by atoms with Gasteiger partial charge in [-0.05, 0) is 31.0 Å². The fourth-order valence-corrected chi connectivity index (χ4v) is 3.63. The van der Waals surface area contributed by atoms with Crippen LogP contribution in [-0.4, -0.2) is 14.8 Å². The second-order valence-electron chi connectivity index (χ2n) is 5.85. The number of hydrogen-bond donors (Lipinski definition) is 0. The highest BCUT2D eigenvalue weighted by atomic mass is 32.2. The molecule has 7 heteroatoms. The molecule has 0 aliphatic rings. The molecule has 0 N–H and O–H groups in total. The first-order chi connectivity index (χ1) is 12.4. The van der Waals surface area contributed by atoms with Crippen molar-refractivity contribution < 1.29 is 13.2 Å². The van der Waals surface area contributed by atoms with Crippen LogP contribution in [0.3, 0.4) is 0 Å². The van der Waals surface area contributed by atoms with E-state index in [1.165, 1.54) is 23.9 Å². The Balaban J connectivity index is 1.83. The molecule has 0 fully saturated rings. The van der Waals surface area contributed by atoms with Crippen LogP contribution >= 0.6 is 11.8 Å². The minimum absolute atomic E-state index is 0.399. The number of aromatic nitrogens is 3. The zero-order valence-corrected chi connectivity index (χ0v) is 15.2. The second-order valence-corrected chi connectivity index (χ2v) is 6.79. The summed E-state index contributed by atoms with van der Waals surface area (Å²) in [4.78, 5) is 0. The summed E-state index contributed by atoms with van der Waals surface area (Å²) in [5.74, 6) is 1.17. The molecule has 3 nitrogen and oxygen atoms in total. The van der Waals surface area contributed by atoms with E-state index in [9.17, 15) is 13.2 Å². The van der Waals surface area contributed by atoms with Gasteiger partial charge in [0.2, 0.25) is 0 Å². The Morgan fingerprint density at radius 1 is 1.04 bits per heavy atom. The third kappa shape index (κ3) is 3.93. The molecule has 0 saturated heterocycles. The molecule has 0 bridgehead atoms. The van der Waals surface area contributed by atoms with Crippen molar-refractivity contribution in [3.8, 4) is 11.4 Å². The Morgan fingerprint density at radius 2 is 1.81 bits per heavy atom. The van der Waals surface area contributed by atoms with E-state index < -0.39 is 11.7 Å². The molecule has 136 valence electrons. The lowest BCUT2D eigenvalue weighted by atomic mass is 10.1. The summed E-state index contributed by atoms with van der Waals surface area (Å²) in [6.45, 7) is 4.69. The van der Waals surface area contributed by atoms with E-state index in [-0.39, 0.29) is 0 Å². The Hall–Kier alpha value is -2.28. The van der Waals surface area contributed by atoms with Gasteiger partial charge in [-0.3, -0.25) is 0 Å². The Morgan fingerprint density at radius 3 is 2.50 bits per heavy atom. The van der Waals surface area contributed by atoms with E-state index in [2.05, 4.69) is 10.2 Å². The van der Waals surface area contributed by atoms with Crippen LogP contribution in [0.4, 0.5) is 13.2 Å². The summed E-state index contributed by atoms with van der Waals surface area (Å²) < 4.78 is 40.5. The van der Waals surface area contributed by atoms with Crippen LogP contribution in [0.25, 0.3) is 11.4 Å². The van der Waals surface area contributed by atoms with Crippen LogP contribution in [0.5, 0.6) is 0 Å². The van der Waals surface area contributed by atoms with Crippen molar-refractivity contribution in [3.05, 3.63) is 65.2 Å². The van der Waals surface area contributed by atoms with Crippen molar-refractivity contribution in [1.29, 1.82) is 0 Å². The first kappa shape index (κ1) is 18.5. The van der Waals surface area contributed by atoms with Crippen LogP contribution in [0.1, 0.15) is 23.6 Å². The number of rotatable bonds is 5. The van der Waals surface area contributed by atoms with E-state index in [0.717, 1.165) is 23.0 Å². The third-order valence-corrected chi connectivity index (χ3v) is 5.08. The normalized spacial score (nSPS) is 11.7. The average molecular weight is 377 g/mol. The third-order valence-electron chi connectivity index (χ3n) is 4.04. The average Bonchev–Trinajstić information content (AvgIpc) is 3.02. The van der Waals surface area contributed by atoms with Crippen molar-refractivity contribution in [2.75, 3.05) is 0 Å². The van der Waals surface area contributed by atoms with E-state index in [1.54, 1.807) is 6.07 Å². The molecule has 0 aliphatic carbocycles. The number of thioether (sulfide) groups is 1. The van der Waals surface area contributed by atoms with E-state index in [1.807, 2.05) is 42.7 Å². The van der Waals surface area contributed by atoms with E-state index >= 15 is 0 Å². The van der Waals surface area contributed by atoms with Crippen LogP contribution in [0.2, 0.25) is 0 Å². The molecule has 3 rings (SSSR count). The highest BCUT2D eigenvalue weighted by molar-refractivity contribution is 7.98. The predicted octanol–water partition coefficient (Wildman–Crippen LogP) is 5.58. The van der Waals surface area contributed by atoms with Crippen LogP contribution in [0.15, 0.2) is 53.7 Å².